The fourth-order valence-corrected chi connectivity index (χ4v) is 3.93. The monoisotopic (exact) mass is 353 g/mol. The molecular weight excluding hydrogens is 334 g/mol. The van der Waals surface area contributed by atoms with Crippen LogP contribution in [0.2, 0.25) is 0 Å². The molecule has 0 saturated carbocycles. The Morgan fingerprint density at radius 3 is 3.17 bits per heavy atom. The van der Waals surface area contributed by atoms with E-state index in [0.717, 1.165) is 35.3 Å². The van der Waals surface area contributed by atoms with Gasteiger partial charge in [0, 0.05) is 6.61 Å². The molecule has 1 atom stereocenters. The summed E-state index contributed by atoms with van der Waals surface area (Å²) >= 11 is 2.99. The molecule has 1 aliphatic heterocycles. The Balaban J connectivity index is 1.78. The second kappa shape index (κ2) is 7.94. The standard InChI is InChI=1S/C15H19N3O3S2/c1-2-20-13(19)10-23-15-17-16-14(12-6-4-8-22-12)18(15)9-11-5-3-7-21-11/h4,6,8,11H,2-3,5,7,9-10H2,1H3. The maximum atomic E-state index is 11.6. The van der Waals surface area contributed by atoms with Crippen molar-refractivity contribution in [2.75, 3.05) is 19.0 Å². The molecule has 23 heavy (non-hydrogen) atoms. The number of thioether (sulfide) groups is 1. The maximum Gasteiger partial charge on any atom is 0.316 e. The zero-order chi connectivity index (χ0) is 16.1. The average Bonchev–Trinajstić information content (AvgIpc) is 3.28. The minimum Gasteiger partial charge on any atom is -0.465 e. The molecule has 1 fully saturated rings. The van der Waals surface area contributed by atoms with Gasteiger partial charge in [0.2, 0.25) is 0 Å². The van der Waals surface area contributed by atoms with E-state index in [9.17, 15) is 4.79 Å². The molecule has 2 aromatic rings. The fourth-order valence-electron chi connectivity index (χ4n) is 2.47. The van der Waals surface area contributed by atoms with Crippen LogP contribution in [0.5, 0.6) is 0 Å². The van der Waals surface area contributed by atoms with Crippen LogP contribution >= 0.6 is 23.1 Å². The van der Waals surface area contributed by atoms with Gasteiger partial charge in [0.25, 0.3) is 0 Å². The molecule has 1 aliphatic rings. The molecule has 1 saturated heterocycles. The lowest BCUT2D eigenvalue weighted by atomic mass is 10.2. The molecule has 6 nitrogen and oxygen atoms in total. The summed E-state index contributed by atoms with van der Waals surface area (Å²) in [6.45, 7) is 3.72. The summed E-state index contributed by atoms with van der Waals surface area (Å²) in [5, 5.41) is 11.3. The van der Waals surface area contributed by atoms with E-state index < -0.39 is 0 Å². The second-order valence-corrected chi connectivity index (χ2v) is 7.01. The van der Waals surface area contributed by atoms with E-state index in [0.29, 0.717) is 13.2 Å². The number of nitrogens with zero attached hydrogens (tertiary/aromatic N) is 3. The molecule has 0 amide bonds. The van der Waals surface area contributed by atoms with Crippen molar-refractivity contribution in [1.82, 2.24) is 14.8 Å². The minimum atomic E-state index is -0.234. The topological polar surface area (TPSA) is 66.2 Å². The highest BCUT2D eigenvalue weighted by Crippen LogP contribution is 2.29. The molecular formula is C15H19N3O3S2. The minimum absolute atomic E-state index is 0.187. The van der Waals surface area contributed by atoms with E-state index in [1.165, 1.54) is 11.8 Å². The highest BCUT2D eigenvalue weighted by atomic mass is 32.2. The van der Waals surface area contributed by atoms with Gasteiger partial charge in [0.05, 0.1) is 29.9 Å². The van der Waals surface area contributed by atoms with Gasteiger partial charge < -0.3 is 9.47 Å². The molecule has 0 bridgehead atoms. The van der Waals surface area contributed by atoms with Gasteiger partial charge in [-0.1, -0.05) is 17.8 Å². The van der Waals surface area contributed by atoms with Gasteiger partial charge >= 0.3 is 5.97 Å². The predicted molar refractivity (Wildman–Crippen MR) is 89.7 cm³/mol. The molecule has 0 spiro atoms. The quantitative estimate of drug-likeness (QED) is 0.563. The zero-order valence-electron chi connectivity index (χ0n) is 12.9. The summed E-state index contributed by atoms with van der Waals surface area (Å²) < 4.78 is 12.8. The van der Waals surface area contributed by atoms with Crippen LogP contribution < -0.4 is 0 Å². The van der Waals surface area contributed by atoms with E-state index >= 15 is 0 Å². The van der Waals surface area contributed by atoms with Crippen molar-refractivity contribution >= 4 is 29.1 Å². The molecule has 8 heteroatoms. The van der Waals surface area contributed by atoms with Crippen LogP contribution in [-0.2, 0) is 20.8 Å². The predicted octanol–water partition coefficient (Wildman–Crippen LogP) is 2.84. The van der Waals surface area contributed by atoms with Crippen LogP contribution in [0.15, 0.2) is 22.7 Å². The third kappa shape index (κ3) is 4.13. The van der Waals surface area contributed by atoms with E-state index in [1.807, 2.05) is 17.5 Å². The molecule has 0 aromatic carbocycles. The lowest BCUT2D eigenvalue weighted by Gasteiger charge is -2.14. The van der Waals surface area contributed by atoms with Gasteiger partial charge in [0.1, 0.15) is 0 Å². The lowest BCUT2D eigenvalue weighted by Crippen LogP contribution is -2.17. The Labute approximate surface area is 143 Å². The number of esters is 1. The van der Waals surface area contributed by atoms with Crippen molar-refractivity contribution in [1.29, 1.82) is 0 Å². The van der Waals surface area contributed by atoms with Crippen LogP contribution in [0.3, 0.4) is 0 Å². The van der Waals surface area contributed by atoms with Crippen LogP contribution in [0, 0.1) is 0 Å². The number of carbonyl (C=O) groups is 1. The Kier molecular flexibility index (Phi) is 5.69. The molecule has 2 aromatic heterocycles. The summed E-state index contributed by atoms with van der Waals surface area (Å²) in [7, 11) is 0. The highest BCUT2D eigenvalue weighted by Gasteiger charge is 2.22. The van der Waals surface area contributed by atoms with Crippen molar-refractivity contribution in [2.24, 2.45) is 0 Å². The summed E-state index contributed by atoms with van der Waals surface area (Å²) in [5.41, 5.74) is 0. The highest BCUT2D eigenvalue weighted by molar-refractivity contribution is 7.99. The van der Waals surface area contributed by atoms with Crippen molar-refractivity contribution in [2.45, 2.75) is 37.6 Å². The maximum absolute atomic E-state index is 11.6. The van der Waals surface area contributed by atoms with Crippen LogP contribution in [-0.4, -0.2) is 45.8 Å². The summed E-state index contributed by atoms with van der Waals surface area (Å²) in [5.74, 6) is 0.839. The van der Waals surface area contributed by atoms with E-state index in [1.54, 1.807) is 18.3 Å². The number of hydrogen-bond donors (Lipinski definition) is 0. The number of carbonyl (C=O) groups excluding carboxylic acids is 1. The number of thiophene rings is 1. The Hall–Kier alpha value is -1.38. The average molecular weight is 353 g/mol. The summed E-state index contributed by atoms with van der Waals surface area (Å²) in [6, 6.07) is 4.02. The first-order valence-electron chi connectivity index (χ1n) is 7.65. The van der Waals surface area contributed by atoms with E-state index in [2.05, 4.69) is 14.8 Å². The van der Waals surface area contributed by atoms with Crippen molar-refractivity contribution in [3.8, 4) is 10.7 Å². The lowest BCUT2D eigenvalue weighted by molar-refractivity contribution is -0.139. The Morgan fingerprint density at radius 2 is 2.48 bits per heavy atom. The van der Waals surface area contributed by atoms with Gasteiger partial charge in [-0.05, 0) is 31.2 Å². The van der Waals surface area contributed by atoms with Crippen molar-refractivity contribution < 1.29 is 14.3 Å². The van der Waals surface area contributed by atoms with Gasteiger partial charge in [-0.2, -0.15) is 0 Å². The van der Waals surface area contributed by atoms with E-state index in [4.69, 9.17) is 9.47 Å². The molecule has 0 radical (unpaired) electrons. The third-order valence-electron chi connectivity index (χ3n) is 3.49. The molecule has 3 rings (SSSR count). The number of hydrogen-bond acceptors (Lipinski definition) is 7. The smallest absolute Gasteiger partial charge is 0.316 e. The number of rotatable bonds is 7. The molecule has 124 valence electrons. The van der Waals surface area contributed by atoms with Gasteiger partial charge in [0.15, 0.2) is 11.0 Å². The van der Waals surface area contributed by atoms with Crippen molar-refractivity contribution in [3.63, 3.8) is 0 Å². The van der Waals surface area contributed by atoms with Gasteiger partial charge in [-0.15, -0.1) is 21.5 Å². The van der Waals surface area contributed by atoms with Crippen molar-refractivity contribution in [3.05, 3.63) is 17.5 Å². The molecule has 3 heterocycles. The Bertz CT molecular complexity index is 636. The summed E-state index contributed by atoms with van der Waals surface area (Å²) in [6.07, 6.45) is 2.32. The zero-order valence-corrected chi connectivity index (χ0v) is 14.6. The van der Waals surface area contributed by atoms with Crippen LogP contribution in [0.1, 0.15) is 19.8 Å². The number of ether oxygens (including phenoxy) is 2. The SMILES string of the molecule is CCOC(=O)CSc1nnc(-c2cccs2)n1CC1CCCO1. The molecule has 0 N–H and O–H groups in total. The normalized spacial score (nSPS) is 17.5. The van der Waals surface area contributed by atoms with E-state index in [-0.39, 0.29) is 17.8 Å². The Morgan fingerprint density at radius 1 is 1.57 bits per heavy atom. The fraction of sp³-hybridized carbons (Fsp3) is 0.533. The first-order valence-corrected chi connectivity index (χ1v) is 9.51. The first-order chi connectivity index (χ1) is 11.3. The second-order valence-electron chi connectivity index (χ2n) is 5.12. The van der Waals surface area contributed by atoms with Crippen LogP contribution in [0.4, 0.5) is 0 Å². The first kappa shape index (κ1) is 16.5. The van der Waals surface area contributed by atoms with Gasteiger partial charge in [-0.3, -0.25) is 9.36 Å². The largest absolute Gasteiger partial charge is 0.465 e. The molecule has 1 unspecified atom stereocenters. The number of aromatic nitrogens is 3. The van der Waals surface area contributed by atoms with Gasteiger partial charge in [-0.25, -0.2) is 0 Å². The third-order valence-corrected chi connectivity index (χ3v) is 5.30. The van der Waals surface area contributed by atoms with Crippen LogP contribution in [0.25, 0.3) is 10.7 Å². The molecule has 0 aliphatic carbocycles. The summed E-state index contributed by atoms with van der Waals surface area (Å²) in [4.78, 5) is 12.7.